The minimum absolute atomic E-state index is 0.0781. The Bertz CT molecular complexity index is 1160. The minimum Gasteiger partial charge on any atom is -0.346 e. The maximum absolute atomic E-state index is 12.5. The fraction of sp³-hybridized carbons (Fsp3) is 0.238. The van der Waals surface area contributed by atoms with E-state index in [9.17, 15) is 4.79 Å². The van der Waals surface area contributed by atoms with Crippen molar-refractivity contribution < 1.29 is 4.79 Å². The van der Waals surface area contributed by atoms with Gasteiger partial charge in [0, 0.05) is 18.6 Å². The van der Waals surface area contributed by atoms with E-state index in [0.29, 0.717) is 5.82 Å². The number of rotatable bonds is 6. The summed E-state index contributed by atoms with van der Waals surface area (Å²) in [5, 5.41) is 12.1. The quantitative estimate of drug-likeness (QED) is 0.496. The SMILES string of the molecule is Cc1ccc(C)c(-n2ccnc2SCC(=O)NC(C)c2nnc3ccccn23)c1. The van der Waals surface area contributed by atoms with Crippen molar-refractivity contribution in [3.05, 3.63) is 71.9 Å². The molecule has 0 bridgehead atoms. The van der Waals surface area contributed by atoms with Crippen LogP contribution in [0, 0.1) is 13.8 Å². The number of aromatic nitrogens is 5. The lowest BCUT2D eigenvalue weighted by Gasteiger charge is -2.13. The molecule has 148 valence electrons. The van der Waals surface area contributed by atoms with E-state index in [2.05, 4.69) is 52.5 Å². The largest absolute Gasteiger partial charge is 0.346 e. The first kappa shape index (κ1) is 19.2. The highest BCUT2D eigenvalue weighted by Gasteiger charge is 2.17. The predicted molar refractivity (Wildman–Crippen MR) is 113 cm³/mol. The van der Waals surface area contributed by atoms with Gasteiger partial charge in [-0.1, -0.05) is 30.0 Å². The molecule has 4 rings (SSSR count). The van der Waals surface area contributed by atoms with Crippen molar-refractivity contribution in [2.45, 2.75) is 32.0 Å². The minimum atomic E-state index is -0.251. The van der Waals surface area contributed by atoms with Crippen LogP contribution in [-0.2, 0) is 4.79 Å². The second kappa shape index (κ2) is 8.08. The van der Waals surface area contributed by atoms with Crippen molar-refractivity contribution >= 4 is 23.3 Å². The van der Waals surface area contributed by atoms with Crippen molar-refractivity contribution in [2.75, 3.05) is 5.75 Å². The Labute approximate surface area is 173 Å². The molecule has 0 spiro atoms. The van der Waals surface area contributed by atoms with Crippen molar-refractivity contribution in [1.29, 1.82) is 0 Å². The summed E-state index contributed by atoms with van der Waals surface area (Å²) in [6, 6.07) is 11.8. The predicted octanol–water partition coefficient (Wildman–Crippen LogP) is 3.50. The molecule has 0 aliphatic carbocycles. The van der Waals surface area contributed by atoms with Crippen LogP contribution < -0.4 is 5.32 Å². The number of carbonyl (C=O) groups is 1. The van der Waals surface area contributed by atoms with Crippen molar-refractivity contribution in [2.24, 2.45) is 0 Å². The first-order valence-corrected chi connectivity index (χ1v) is 10.3. The van der Waals surface area contributed by atoms with E-state index in [1.165, 1.54) is 17.3 Å². The summed E-state index contributed by atoms with van der Waals surface area (Å²) < 4.78 is 3.90. The number of nitrogens with one attached hydrogen (secondary N) is 1. The van der Waals surface area contributed by atoms with Gasteiger partial charge in [0.2, 0.25) is 5.91 Å². The highest BCUT2D eigenvalue weighted by atomic mass is 32.2. The highest BCUT2D eigenvalue weighted by molar-refractivity contribution is 7.99. The van der Waals surface area contributed by atoms with Crippen LogP contribution in [0.25, 0.3) is 11.3 Å². The number of hydrogen-bond donors (Lipinski definition) is 1. The monoisotopic (exact) mass is 406 g/mol. The Morgan fingerprint density at radius 3 is 2.90 bits per heavy atom. The Kier molecular flexibility index (Phi) is 5.35. The summed E-state index contributed by atoms with van der Waals surface area (Å²) in [6.07, 6.45) is 5.57. The van der Waals surface area contributed by atoms with Gasteiger partial charge in [0.25, 0.3) is 0 Å². The Balaban J connectivity index is 1.43. The highest BCUT2D eigenvalue weighted by Crippen LogP contribution is 2.23. The van der Waals surface area contributed by atoms with E-state index >= 15 is 0 Å². The number of thioether (sulfide) groups is 1. The normalized spacial score (nSPS) is 12.2. The third-order valence-electron chi connectivity index (χ3n) is 4.67. The van der Waals surface area contributed by atoms with Gasteiger partial charge in [0.1, 0.15) is 0 Å². The lowest BCUT2D eigenvalue weighted by Crippen LogP contribution is -2.29. The summed E-state index contributed by atoms with van der Waals surface area (Å²) in [5.41, 5.74) is 4.18. The van der Waals surface area contributed by atoms with Gasteiger partial charge in [-0.15, -0.1) is 10.2 Å². The maximum atomic E-state index is 12.5. The van der Waals surface area contributed by atoms with Gasteiger partial charge in [-0.05, 0) is 50.1 Å². The number of amides is 1. The van der Waals surface area contributed by atoms with E-state index in [1.54, 1.807) is 6.20 Å². The number of hydrogen-bond acceptors (Lipinski definition) is 5. The zero-order valence-corrected chi connectivity index (χ0v) is 17.3. The molecule has 0 aliphatic rings. The summed E-state index contributed by atoms with van der Waals surface area (Å²) in [4.78, 5) is 16.9. The first-order valence-electron chi connectivity index (χ1n) is 9.36. The zero-order valence-electron chi connectivity index (χ0n) is 16.5. The molecular formula is C21H22N6OS. The molecule has 1 amide bonds. The van der Waals surface area contributed by atoms with Crippen LogP contribution in [0.15, 0.2) is 60.1 Å². The Hall–Kier alpha value is -3.13. The Morgan fingerprint density at radius 1 is 1.17 bits per heavy atom. The maximum Gasteiger partial charge on any atom is 0.231 e. The van der Waals surface area contributed by atoms with E-state index in [1.807, 2.05) is 46.5 Å². The van der Waals surface area contributed by atoms with Crippen LogP contribution in [-0.4, -0.2) is 35.8 Å². The molecule has 0 saturated carbocycles. The van der Waals surface area contributed by atoms with E-state index in [-0.39, 0.29) is 17.7 Å². The molecule has 7 nitrogen and oxygen atoms in total. The van der Waals surface area contributed by atoms with E-state index in [4.69, 9.17) is 0 Å². The van der Waals surface area contributed by atoms with Crippen LogP contribution in [0.3, 0.4) is 0 Å². The number of imidazole rings is 1. The van der Waals surface area contributed by atoms with Gasteiger partial charge < -0.3 is 5.32 Å². The van der Waals surface area contributed by atoms with Crippen LogP contribution in [0.2, 0.25) is 0 Å². The summed E-state index contributed by atoms with van der Waals surface area (Å²) in [7, 11) is 0. The van der Waals surface area contributed by atoms with Gasteiger partial charge in [-0.25, -0.2) is 4.98 Å². The molecule has 1 aromatic carbocycles. The molecule has 29 heavy (non-hydrogen) atoms. The van der Waals surface area contributed by atoms with Gasteiger partial charge in [-0.2, -0.15) is 0 Å². The second-order valence-corrected chi connectivity index (χ2v) is 7.88. The molecule has 3 heterocycles. The molecule has 3 aromatic heterocycles. The molecule has 8 heteroatoms. The van der Waals surface area contributed by atoms with Gasteiger partial charge in [-0.3, -0.25) is 13.8 Å². The van der Waals surface area contributed by atoms with E-state index in [0.717, 1.165) is 22.1 Å². The molecule has 4 aromatic rings. The third kappa shape index (κ3) is 4.02. The molecule has 0 aliphatic heterocycles. The van der Waals surface area contributed by atoms with E-state index < -0.39 is 0 Å². The van der Waals surface area contributed by atoms with Crippen LogP contribution in [0.5, 0.6) is 0 Å². The van der Waals surface area contributed by atoms with Gasteiger partial charge in [0.05, 0.1) is 17.5 Å². The number of carbonyl (C=O) groups excluding carboxylic acids is 1. The molecule has 0 saturated heterocycles. The molecule has 1 unspecified atom stereocenters. The fourth-order valence-electron chi connectivity index (χ4n) is 3.19. The molecular weight excluding hydrogens is 384 g/mol. The average molecular weight is 407 g/mol. The average Bonchev–Trinajstić information content (AvgIpc) is 3.35. The number of nitrogens with zero attached hydrogens (tertiary/aromatic N) is 5. The molecule has 0 radical (unpaired) electrons. The Morgan fingerprint density at radius 2 is 2.03 bits per heavy atom. The second-order valence-electron chi connectivity index (χ2n) is 6.93. The fourth-order valence-corrected chi connectivity index (χ4v) is 3.97. The van der Waals surface area contributed by atoms with Crippen molar-refractivity contribution in [3.63, 3.8) is 0 Å². The zero-order chi connectivity index (χ0) is 20.4. The van der Waals surface area contributed by atoms with Gasteiger partial charge in [0.15, 0.2) is 16.6 Å². The third-order valence-corrected chi connectivity index (χ3v) is 5.64. The topological polar surface area (TPSA) is 77.1 Å². The van der Waals surface area contributed by atoms with Gasteiger partial charge >= 0.3 is 0 Å². The summed E-state index contributed by atoms with van der Waals surface area (Å²) in [6.45, 7) is 6.04. The van der Waals surface area contributed by atoms with Crippen LogP contribution in [0.4, 0.5) is 0 Å². The molecule has 1 N–H and O–H groups in total. The lowest BCUT2D eigenvalue weighted by molar-refractivity contribution is -0.119. The molecule has 1 atom stereocenters. The van der Waals surface area contributed by atoms with Crippen LogP contribution >= 0.6 is 11.8 Å². The number of benzene rings is 1. The smallest absolute Gasteiger partial charge is 0.231 e. The number of fused-ring (bicyclic) bond motifs is 1. The standard InChI is InChI=1S/C21H22N6OS/c1-14-7-8-15(2)17(12-14)26-11-9-22-21(26)29-13-19(28)23-16(3)20-25-24-18-6-4-5-10-27(18)20/h4-12,16H,13H2,1-3H3,(H,23,28). The van der Waals surface area contributed by atoms with Crippen molar-refractivity contribution in [3.8, 4) is 5.69 Å². The molecule has 0 fully saturated rings. The first-order chi connectivity index (χ1) is 14.0. The number of pyridine rings is 1. The summed E-state index contributed by atoms with van der Waals surface area (Å²) >= 11 is 1.41. The number of aryl methyl sites for hydroxylation is 2. The summed E-state index contributed by atoms with van der Waals surface area (Å²) in [5.74, 6) is 0.893. The van der Waals surface area contributed by atoms with Crippen LogP contribution in [0.1, 0.15) is 29.9 Å². The van der Waals surface area contributed by atoms with Crippen molar-refractivity contribution in [1.82, 2.24) is 29.5 Å². The lowest BCUT2D eigenvalue weighted by atomic mass is 10.1.